The van der Waals surface area contributed by atoms with Crippen LogP contribution in [-0.2, 0) is 19.8 Å². The first-order valence-corrected chi connectivity index (χ1v) is 6.28. The minimum absolute atomic E-state index is 1.29. The van der Waals surface area contributed by atoms with E-state index in [9.17, 15) is 69.8 Å². The topological polar surface area (TPSA) is 60.4 Å². The number of ether oxygens (including phenoxy) is 1. The Balaban J connectivity index is 6.14. The molecular weight excluding hydrogens is 427 g/mol. The van der Waals surface area contributed by atoms with Crippen molar-refractivity contribution in [3.05, 3.63) is 0 Å². The fourth-order valence-electron chi connectivity index (χ4n) is 0.892. The molecule has 0 heterocycles. The zero-order valence-electron chi connectivity index (χ0n) is 10.5. The van der Waals surface area contributed by atoms with E-state index in [1.807, 2.05) is 0 Å². The summed E-state index contributed by atoms with van der Waals surface area (Å²) in [5.41, 5.74) is 0. The molecule has 0 saturated heterocycles. The normalized spacial score (nSPS) is 16.0. The number of halogens is 13. The van der Waals surface area contributed by atoms with E-state index in [4.69, 9.17) is 0 Å². The number of hydrogen-bond donors (Lipinski definition) is 0. The molecule has 25 heavy (non-hydrogen) atoms. The lowest BCUT2D eigenvalue weighted by molar-refractivity contribution is -0.485. The smallest absolute Gasteiger partial charge is 0.296 e. The Bertz CT molecular complexity index is 624. The van der Waals surface area contributed by atoms with Gasteiger partial charge in [-0.1, -0.05) is 3.89 Å². The maximum absolute atomic E-state index is 12.8. The molecule has 0 rings (SSSR count). The minimum Gasteiger partial charge on any atom is -0.296 e. The third-order valence-corrected chi connectivity index (χ3v) is 3.08. The van der Waals surface area contributed by atoms with Crippen molar-refractivity contribution in [1.82, 2.24) is 0 Å². The van der Waals surface area contributed by atoms with Crippen LogP contribution in [0.3, 0.4) is 0 Å². The van der Waals surface area contributed by atoms with E-state index in [1.165, 1.54) is 4.74 Å². The number of carbonyl (C=O) groups excluding carboxylic acids is 1. The van der Waals surface area contributed by atoms with Crippen LogP contribution in [0.5, 0.6) is 0 Å². The minimum atomic E-state index is -7.82. The van der Waals surface area contributed by atoms with Crippen LogP contribution in [0.25, 0.3) is 0 Å². The van der Waals surface area contributed by atoms with Gasteiger partial charge in [-0.2, -0.15) is 61.1 Å². The van der Waals surface area contributed by atoms with Crippen molar-refractivity contribution in [2.75, 3.05) is 0 Å². The molecular formula is C7HF13O4S. The van der Waals surface area contributed by atoms with Crippen molar-refractivity contribution < 1.29 is 74.5 Å². The molecule has 0 amide bonds. The van der Waals surface area contributed by atoms with E-state index in [2.05, 4.69) is 0 Å². The number of rotatable bonds is 8. The molecule has 0 aromatic carbocycles. The van der Waals surface area contributed by atoms with E-state index in [-0.39, 0.29) is 0 Å². The predicted molar refractivity (Wildman–Crippen MR) is 46.9 cm³/mol. The van der Waals surface area contributed by atoms with Crippen molar-refractivity contribution >= 4 is 16.5 Å². The summed E-state index contributed by atoms with van der Waals surface area (Å²) >= 11 is 0. The second-order valence-electron chi connectivity index (χ2n) is 3.98. The summed E-state index contributed by atoms with van der Waals surface area (Å²) in [6.45, 7) is 0. The van der Waals surface area contributed by atoms with Crippen molar-refractivity contribution in [3.8, 4) is 0 Å². The van der Waals surface area contributed by atoms with E-state index >= 15 is 0 Å². The Kier molecular flexibility index (Phi) is 5.54. The first kappa shape index (κ1) is 23.7. The SMILES string of the molecule is O=CC(F)(F)C(F)(F)C(F)(F)C(F)(F)OC(F)(F)C(F)(F)S(=O)(=O)F. The second-order valence-corrected chi connectivity index (χ2v) is 5.37. The molecule has 0 bridgehead atoms. The summed E-state index contributed by atoms with van der Waals surface area (Å²) in [6.07, 6.45) is -17.4. The summed E-state index contributed by atoms with van der Waals surface area (Å²) in [5, 5.41) is -7.30. The summed E-state index contributed by atoms with van der Waals surface area (Å²) in [5.74, 6) is -21.9. The van der Waals surface area contributed by atoms with Crippen LogP contribution < -0.4 is 0 Å². The summed E-state index contributed by atoms with van der Waals surface area (Å²) in [6, 6.07) is 0. The average molecular weight is 428 g/mol. The molecule has 0 fully saturated rings. The van der Waals surface area contributed by atoms with Gasteiger partial charge >= 0.3 is 45.5 Å². The number of aldehydes is 1. The quantitative estimate of drug-likeness (QED) is 0.339. The number of alkyl halides is 12. The lowest BCUT2D eigenvalue weighted by atomic mass is 10.0. The molecule has 18 heteroatoms. The van der Waals surface area contributed by atoms with Crippen molar-refractivity contribution in [2.45, 2.75) is 35.2 Å². The Morgan fingerprint density at radius 3 is 1.32 bits per heavy atom. The van der Waals surface area contributed by atoms with Crippen LogP contribution in [0.2, 0.25) is 0 Å². The Morgan fingerprint density at radius 1 is 0.680 bits per heavy atom. The highest BCUT2D eigenvalue weighted by Crippen LogP contribution is 2.55. The predicted octanol–water partition coefficient (Wildman–Crippen LogP) is 3.19. The molecule has 0 unspecified atom stereocenters. The van der Waals surface area contributed by atoms with E-state index in [0.29, 0.717) is 0 Å². The molecule has 150 valence electrons. The van der Waals surface area contributed by atoms with Gasteiger partial charge in [0.1, 0.15) is 0 Å². The monoisotopic (exact) mass is 428 g/mol. The highest BCUT2D eigenvalue weighted by molar-refractivity contribution is 7.87. The van der Waals surface area contributed by atoms with E-state index in [0.717, 1.165) is 0 Å². The largest absolute Gasteiger partial charge is 0.464 e. The van der Waals surface area contributed by atoms with Gasteiger partial charge in [-0.15, -0.1) is 0 Å². The van der Waals surface area contributed by atoms with E-state index in [1.54, 1.807) is 0 Å². The summed E-state index contributed by atoms with van der Waals surface area (Å²) in [7, 11) is -7.82. The fourth-order valence-corrected chi connectivity index (χ4v) is 1.22. The highest BCUT2D eigenvalue weighted by Gasteiger charge is 2.84. The van der Waals surface area contributed by atoms with Gasteiger partial charge in [0.15, 0.2) is 6.29 Å². The molecule has 0 aromatic rings. The van der Waals surface area contributed by atoms with E-state index < -0.39 is 51.7 Å². The maximum atomic E-state index is 12.8. The van der Waals surface area contributed by atoms with Gasteiger partial charge in [-0.05, 0) is 0 Å². The first-order chi connectivity index (χ1) is 10.5. The molecule has 0 aliphatic rings. The molecule has 0 spiro atoms. The average Bonchev–Trinajstić information content (AvgIpc) is 2.35. The lowest BCUT2D eigenvalue weighted by Crippen LogP contribution is -2.65. The van der Waals surface area contributed by atoms with Crippen LogP contribution in [0, 0.1) is 0 Å². The van der Waals surface area contributed by atoms with Gasteiger partial charge < -0.3 is 0 Å². The standard InChI is InChI=1S/C7HF13O4S/c8-2(9,1-21)3(10,11)4(12,13)5(14,15)24-6(16,17)7(18,19)25(20,22)23/h1H. The zero-order chi connectivity index (χ0) is 20.9. The molecule has 0 N–H and O–H groups in total. The maximum Gasteiger partial charge on any atom is 0.464 e. The van der Waals surface area contributed by atoms with Crippen molar-refractivity contribution in [2.24, 2.45) is 0 Å². The number of carbonyl (C=O) groups is 1. The molecule has 0 aromatic heterocycles. The number of hydrogen-bond acceptors (Lipinski definition) is 4. The Labute approximate surface area is 127 Å². The van der Waals surface area contributed by atoms with Crippen molar-refractivity contribution in [1.29, 1.82) is 0 Å². The van der Waals surface area contributed by atoms with Gasteiger partial charge in [0, 0.05) is 0 Å². The molecule has 0 aliphatic carbocycles. The van der Waals surface area contributed by atoms with Crippen LogP contribution >= 0.6 is 0 Å². The molecule has 0 radical (unpaired) electrons. The van der Waals surface area contributed by atoms with Gasteiger partial charge in [0.25, 0.3) is 0 Å². The fraction of sp³-hybridized carbons (Fsp3) is 0.857. The van der Waals surface area contributed by atoms with Crippen LogP contribution in [0.4, 0.5) is 56.6 Å². The summed E-state index contributed by atoms with van der Waals surface area (Å²) < 4.78 is 184. The lowest BCUT2D eigenvalue weighted by Gasteiger charge is -2.36. The summed E-state index contributed by atoms with van der Waals surface area (Å²) in [4.78, 5) is 9.58. The third-order valence-electron chi connectivity index (χ3n) is 2.23. The van der Waals surface area contributed by atoms with Crippen LogP contribution in [-0.4, -0.2) is 49.9 Å². The van der Waals surface area contributed by atoms with Crippen LogP contribution in [0.1, 0.15) is 0 Å². The Hall–Kier alpha value is -1.33. The van der Waals surface area contributed by atoms with Gasteiger partial charge in [-0.3, -0.25) is 4.79 Å². The molecule has 0 saturated carbocycles. The molecule has 4 nitrogen and oxygen atoms in total. The zero-order valence-corrected chi connectivity index (χ0v) is 11.3. The molecule has 0 aliphatic heterocycles. The second kappa shape index (κ2) is 5.85. The van der Waals surface area contributed by atoms with Crippen LogP contribution in [0.15, 0.2) is 0 Å². The first-order valence-electron chi connectivity index (χ1n) is 4.89. The van der Waals surface area contributed by atoms with Gasteiger partial charge in [-0.25, -0.2) is 4.74 Å². The van der Waals surface area contributed by atoms with Gasteiger partial charge in [0.05, 0.1) is 0 Å². The van der Waals surface area contributed by atoms with Crippen molar-refractivity contribution in [3.63, 3.8) is 0 Å². The molecule has 0 atom stereocenters. The third kappa shape index (κ3) is 3.49. The highest BCUT2D eigenvalue weighted by atomic mass is 32.3. The van der Waals surface area contributed by atoms with Gasteiger partial charge in [0.2, 0.25) is 0 Å². The Morgan fingerprint density at radius 2 is 1.04 bits per heavy atom.